The lowest BCUT2D eigenvalue weighted by atomic mass is 10.0. The van der Waals surface area contributed by atoms with E-state index in [1.54, 1.807) is 12.1 Å². The number of rotatable bonds is 5. The van der Waals surface area contributed by atoms with Crippen LogP contribution in [0.15, 0.2) is 36.4 Å². The summed E-state index contributed by atoms with van der Waals surface area (Å²) in [4.78, 5) is 23.5. The molecule has 25 heavy (non-hydrogen) atoms. The van der Waals surface area contributed by atoms with Gasteiger partial charge >= 0.3 is 0 Å². The minimum atomic E-state index is -0.397. The van der Waals surface area contributed by atoms with Crippen molar-refractivity contribution >= 4 is 28.9 Å². The van der Waals surface area contributed by atoms with Crippen molar-refractivity contribution in [3.8, 4) is 0 Å². The van der Waals surface area contributed by atoms with Crippen LogP contribution in [0.4, 0.5) is 17.1 Å². The van der Waals surface area contributed by atoms with E-state index in [4.69, 9.17) is 0 Å². The van der Waals surface area contributed by atoms with Gasteiger partial charge in [0, 0.05) is 24.0 Å². The molecule has 3 N–H and O–H groups in total. The Morgan fingerprint density at radius 2 is 1.40 bits per heavy atom. The van der Waals surface area contributed by atoms with Crippen LogP contribution in [-0.4, -0.2) is 17.9 Å². The first kappa shape index (κ1) is 18.5. The van der Waals surface area contributed by atoms with Gasteiger partial charge in [0.15, 0.2) is 0 Å². The van der Waals surface area contributed by atoms with Gasteiger partial charge in [-0.1, -0.05) is 17.7 Å². The van der Waals surface area contributed by atoms with Crippen LogP contribution in [0.25, 0.3) is 0 Å². The maximum absolute atomic E-state index is 12.5. The highest BCUT2D eigenvalue weighted by atomic mass is 16.2. The summed E-state index contributed by atoms with van der Waals surface area (Å²) >= 11 is 0. The van der Waals surface area contributed by atoms with E-state index in [1.165, 1.54) is 12.5 Å². The van der Waals surface area contributed by atoms with Crippen LogP contribution < -0.4 is 16.0 Å². The van der Waals surface area contributed by atoms with E-state index in [1.807, 2.05) is 39.8 Å². The molecule has 0 radical (unpaired) electrons. The predicted octanol–water partition coefficient (Wildman–Crippen LogP) is 4.01. The molecule has 0 aliphatic rings. The molecule has 1 atom stereocenters. The second-order valence-corrected chi connectivity index (χ2v) is 6.39. The van der Waals surface area contributed by atoms with Crippen LogP contribution in [0.3, 0.4) is 0 Å². The topological polar surface area (TPSA) is 70.2 Å². The number of nitrogens with one attached hydrogen (secondary N) is 3. The summed E-state index contributed by atoms with van der Waals surface area (Å²) in [5.41, 5.74) is 5.69. The Hall–Kier alpha value is -2.82. The number of amides is 2. The molecule has 0 aromatic heterocycles. The summed E-state index contributed by atoms with van der Waals surface area (Å²) in [5.74, 6) is -0.210. The third-order valence-corrected chi connectivity index (χ3v) is 3.91. The van der Waals surface area contributed by atoms with Gasteiger partial charge in [0.1, 0.15) is 6.04 Å². The molecule has 132 valence electrons. The summed E-state index contributed by atoms with van der Waals surface area (Å²) in [5, 5.41) is 8.88. The lowest BCUT2D eigenvalue weighted by Crippen LogP contribution is -2.32. The molecule has 5 heteroatoms. The summed E-state index contributed by atoms with van der Waals surface area (Å²) < 4.78 is 0. The van der Waals surface area contributed by atoms with Crippen LogP contribution in [0.5, 0.6) is 0 Å². The van der Waals surface area contributed by atoms with Gasteiger partial charge in [0.2, 0.25) is 11.8 Å². The Morgan fingerprint density at radius 1 is 0.880 bits per heavy atom. The largest absolute Gasteiger partial charge is 0.374 e. The second kappa shape index (κ2) is 7.83. The Morgan fingerprint density at radius 3 is 1.92 bits per heavy atom. The van der Waals surface area contributed by atoms with E-state index in [2.05, 4.69) is 28.1 Å². The molecule has 0 unspecified atom stereocenters. The zero-order chi connectivity index (χ0) is 18.6. The fraction of sp³-hybridized carbons (Fsp3) is 0.300. The first-order valence-electron chi connectivity index (χ1n) is 8.29. The zero-order valence-corrected chi connectivity index (χ0v) is 15.4. The fourth-order valence-electron chi connectivity index (χ4n) is 2.78. The first-order chi connectivity index (χ1) is 11.8. The standard InChI is InChI=1S/C20H25N3O2/c1-12-10-13(2)19(14(3)11-12)23-20(25)15(4)21-17-6-8-18(9-7-17)22-16(5)24/h6-11,15,21H,1-5H3,(H,22,24)(H,23,25)/t15-/m1/s1. The fourth-order valence-corrected chi connectivity index (χ4v) is 2.78. The number of anilines is 3. The Bertz CT molecular complexity index is 759. The monoisotopic (exact) mass is 339 g/mol. The van der Waals surface area contributed by atoms with Gasteiger partial charge in [-0.3, -0.25) is 9.59 Å². The molecule has 2 amide bonds. The van der Waals surface area contributed by atoms with Crippen molar-refractivity contribution in [3.63, 3.8) is 0 Å². The molecule has 2 aromatic rings. The van der Waals surface area contributed by atoms with Gasteiger partial charge in [-0.25, -0.2) is 0 Å². The van der Waals surface area contributed by atoms with Gasteiger partial charge < -0.3 is 16.0 Å². The van der Waals surface area contributed by atoms with Crippen molar-refractivity contribution in [1.29, 1.82) is 0 Å². The minimum absolute atomic E-state index is 0.0963. The average Bonchev–Trinajstić information content (AvgIpc) is 2.52. The quantitative estimate of drug-likeness (QED) is 0.771. The van der Waals surface area contributed by atoms with Gasteiger partial charge in [-0.2, -0.15) is 0 Å². The molecule has 2 rings (SSSR count). The molecule has 0 spiro atoms. The molecular weight excluding hydrogens is 314 g/mol. The molecule has 0 aliphatic carbocycles. The molecule has 0 saturated heterocycles. The van der Waals surface area contributed by atoms with Crippen molar-refractivity contribution in [1.82, 2.24) is 0 Å². The summed E-state index contributed by atoms with van der Waals surface area (Å²) in [6, 6.07) is 11.0. The predicted molar refractivity (Wildman–Crippen MR) is 103 cm³/mol. The smallest absolute Gasteiger partial charge is 0.246 e. The highest BCUT2D eigenvalue weighted by Gasteiger charge is 2.15. The van der Waals surface area contributed by atoms with Crippen LogP contribution in [0.2, 0.25) is 0 Å². The first-order valence-corrected chi connectivity index (χ1v) is 8.29. The number of benzene rings is 2. The van der Waals surface area contributed by atoms with E-state index in [9.17, 15) is 9.59 Å². The van der Waals surface area contributed by atoms with Gasteiger partial charge in [0.05, 0.1) is 0 Å². The van der Waals surface area contributed by atoms with Gasteiger partial charge in [-0.15, -0.1) is 0 Å². The number of aryl methyl sites for hydroxylation is 3. The van der Waals surface area contributed by atoms with Crippen molar-refractivity contribution < 1.29 is 9.59 Å². The molecule has 0 fully saturated rings. The maximum atomic E-state index is 12.5. The van der Waals surface area contributed by atoms with Crippen molar-refractivity contribution in [2.75, 3.05) is 16.0 Å². The van der Waals surface area contributed by atoms with Crippen molar-refractivity contribution in [2.45, 2.75) is 40.7 Å². The number of hydrogen-bond acceptors (Lipinski definition) is 3. The van der Waals surface area contributed by atoms with E-state index >= 15 is 0 Å². The SMILES string of the molecule is CC(=O)Nc1ccc(N[C@H](C)C(=O)Nc2c(C)cc(C)cc2C)cc1. The highest BCUT2D eigenvalue weighted by molar-refractivity contribution is 5.97. The molecular formula is C20H25N3O2. The van der Waals surface area contributed by atoms with Gasteiger partial charge in [0.25, 0.3) is 0 Å². The molecule has 5 nitrogen and oxygen atoms in total. The second-order valence-electron chi connectivity index (χ2n) is 6.39. The third-order valence-electron chi connectivity index (χ3n) is 3.91. The molecule has 0 heterocycles. The Labute approximate surface area is 148 Å². The highest BCUT2D eigenvalue weighted by Crippen LogP contribution is 2.22. The zero-order valence-electron chi connectivity index (χ0n) is 15.4. The van der Waals surface area contributed by atoms with Gasteiger partial charge in [-0.05, 0) is 63.1 Å². The maximum Gasteiger partial charge on any atom is 0.246 e. The van der Waals surface area contributed by atoms with E-state index in [0.29, 0.717) is 0 Å². The minimum Gasteiger partial charge on any atom is -0.374 e. The normalized spacial score (nSPS) is 11.6. The third kappa shape index (κ3) is 5.08. The van der Waals surface area contributed by atoms with Crippen LogP contribution in [0.1, 0.15) is 30.5 Å². The van der Waals surface area contributed by atoms with Crippen LogP contribution >= 0.6 is 0 Å². The Balaban J connectivity index is 2.02. The number of carbonyl (C=O) groups is 2. The molecule has 0 saturated carbocycles. The average molecular weight is 339 g/mol. The van der Waals surface area contributed by atoms with E-state index in [0.717, 1.165) is 28.2 Å². The lowest BCUT2D eigenvalue weighted by molar-refractivity contribution is -0.116. The summed E-state index contributed by atoms with van der Waals surface area (Å²) in [7, 11) is 0. The summed E-state index contributed by atoms with van der Waals surface area (Å²) in [6.45, 7) is 9.31. The van der Waals surface area contributed by atoms with Crippen LogP contribution in [-0.2, 0) is 9.59 Å². The van der Waals surface area contributed by atoms with E-state index in [-0.39, 0.29) is 11.8 Å². The lowest BCUT2D eigenvalue weighted by Gasteiger charge is -2.18. The van der Waals surface area contributed by atoms with E-state index < -0.39 is 6.04 Å². The number of hydrogen-bond donors (Lipinski definition) is 3. The molecule has 0 bridgehead atoms. The summed E-state index contributed by atoms with van der Waals surface area (Å²) in [6.07, 6.45) is 0. The van der Waals surface area contributed by atoms with Crippen molar-refractivity contribution in [3.05, 3.63) is 53.1 Å². The Kier molecular flexibility index (Phi) is 5.80. The number of carbonyl (C=O) groups excluding carboxylic acids is 2. The molecule has 2 aromatic carbocycles. The molecule has 0 aliphatic heterocycles. The van der Waals surface area contributed by atoms with Crippen molar-refractivity contribution in [2.24, 2.45) is 0 Å². The van der Waals surface area contributed by atoms with Crippen LogP contribution in [0, 0.1) is 20.8 Å².